The molecule has 28 heavy (non-hydrogen) atoms. The zero-order valence-electron chi connectivity index (χ0n) is 16.0. The summed E-state index contributed by atoms with van der Waals surface area (Å²) < 4.78 is 10.6. The fraction of sp³-hybridized carbons (Fsp3) is 0.190. The van der Waals surface area contributed by atoms with Crippen LogP contribution in [-0.2, 0) is 0 Å². The van der Waals surface area contributed by atoms with Gasteiger partial charge < -0.3 is 19.7 Å². The van der Waals surface area contributed by atoms with E-state index in [0.717, 1.165) is 5.69 Å². The van der Waals surface area contributed by atoms with Gasteiger partial charge in [-0.2, -0.15) is 0 Å². The number of benzene rings is 2. The molecule has 7 heteroatoms. The summed E-state index contributed by atoms with van der Waals surface area (Å²) in [6.45, 7) is 2.45. The van der Waals surface area contributed by atoms with E-state index in [2.05, 4.69) is 15.3 Å². The maximum absolute atomic E-state index is 13.0. The molecular weight excluding hydrogens is 356 g/mol. The molecule has 0 unspecified atom stereocenters. The third-order valence-corrected chi connectivity index (χ3v) is 4.19. The van der Waals surface area contributed by atoms with Gasteiger partial charge in [0.15, 0.2) is 0 Å². The Morgan fingerprint density at radius 3 is 2.50 bits per heavy atom. The molecule has 2 aromatic carbocycles. The molecule has 1 N–H and O–H groups in total. The number of carbonyl (C=O) groups excluding carboxylic acids is 1. The molecule has 0 saturated heterocycles. The van der Waals surface area contributed by atoms with E-state index in [9.17, 15) is 4.79 Å². The summed E-state index contributed by atoms with van der Waals surface area (Å²) in [6, 6.07) is 16.5. The summed E-state index contributed by atoms with van der Waals surface area (Å²) in [5.74, 6) is 1.58. The van der Waals surface area contributed by atoms with Crippen molar-refractivity contribution in [3.05, 3.63) is 66.6 Å². The zero-order valence-corrected chi connectivity index (χ0v) is 16.0. The second kappa shape index (κ2) is 8.85. The van der Waals surface area contributed by atoms with Crippen LogP contribution in [0.4, 0.5) is 17.2 Å². The highest BCUT2D eigenvalue weighted by atomic mass is 16.5. The first kappa shape index (κ1) is 19.2. The van der Waals surface area contributed by atoms with Gasteiger partial charge >= 0.3 is 0 Å². The monoisotopic (exact) mass is 378 g/mol. The lowest BCUT2D eigenvalue weighted by atomic mass is 10.2. The predicted octanol–water partition coefficient (Wildman–Crippen LogP) is 3.90. The van der Waals surface area contributed by atoms with Crippen molar-refractivity contribution < 1.29 is 14.3 Å². The highest BCUT2D eigenvalue weighted by molar-refractivity contribution is 6.05. The normalized spacial score (nSPS) is 10.2. The first-order valence-corrected chi connectivity index (χ1v) is 8.84. The van der Waals surface area contributed by atoms with E-state index in [1.54, 1.807) is 31.3 Å². The minimum absolute atomic E-state index is 0.194. The molecule has 1 heterocycles. The van der Waals surface area contributed by atoms with Crippen LogP contribution < -0.4 is 19.7 Å². The van der Waals surface area contributed by atoms with Gasteiger partial charge in [-0.25, -0.2) is 9.97 Å². The van der Waals surface area contributed by atoms with Gasteiger partial charge in [0.05, 0.1) is 19.9 Å². The van der Waals surface area contributed by atoms with Crippen molar-refractivity contribution in [1.82, 2.24) is 9.97 Å². The Labute approximate surface area is 164 Å². The Bertz CT molecular complexity index is 947. The minimum atomic E-state index is -0.194. The second-order valence-electron chi connectivity index (χ2n) is 5.86. The van der Waals surface area contributed by atoms with Crippen molar-refractivity contribution in [3.63, 3.8) is 0 Å². The number of anilines is 3. The SMILES string of the molecule is CCN(C(=O)c1cc(Nc2ccc(OC)cc2OC)ncn1)c1ccccc1. The Balaban J connectivity index is 1.85. The van der Waals surface area contributed by atoms with Crippen LogP contribution in [0.2, 0.25) is 0 Å². The minimum Gasteiger partial charge on any atom is -0.497 e. The molecule has 1 amide bonds. The van der Waals surface area contributed by atoms with Crippen molar-refractivity contribution in [2.45, 2.75) is 6.92 Å². The Kier molecular flexibility index (Phi) is 6.06. The maximum Gasteiger partial charge on any atom is 0.277 e. The van der Waals surface area contributed by atoms with Crippen molar-refractivity contribution in [2.75, 3.05) is 31.0 Å². The lowest BCUT2D eigenvalue weighted by Crippen LogP contribution is -2.31. The van der Waals surface area contributed by atoms with E-state index in [0.29, 0.717) is 35.2 Å². The quantitative estimate of drug-likeness (QED) is 0.672. The van der Waals surface area contributed by atoms with E-state index < -0.39 is 0 Å². The van der Waals surface area contributed by atoms with Crippen LogP contribution in [0.5, 0.6) is 11.5 Å². The smallest absolute Gasteiger partial charge is 0.277 e. The van der Waals surface area contributed by atoms with Crippen LogP contribution in [0.1, 0.15) is 17.4 Å². The molecule has 0 aliphatic heterocycles. The van der Waals surface area contributed by atoms with Crippen LogP contribution in [0.3, 0.4) is 0 Å². The second-order valence-corrected chi connectivity index (χ2v) is 5.86. The third kappa shape index (κ3) is 4.20. The first-order chi connectivity index (χ1) is 13.7. The van der Waals surface area contributed by atoms with Gasteiger partial charge in [-0.1, -0.05) is 18.2 Å². The number of hydrogen-bond acceptors (Lipinski definition) is 6. The van der Waals surface area contributed by atoms with Crippen LogP contribution in [0.15, 0.2) is 60.9 Å². The molecule has 1 aromatic heterocycles. The Hall–Kier alpha value is -3.61. The fourth-order valence-corrected chi connectivity index (χ4v) is 2.77. The van der Waals surface area contributed by atoms with Gasteiger partial charge in [-0.3, -0.25) is 4.79 Å². The molecule has 0 fully saturated rings. The zero-order chi connectivity index (χ0) is 19.9. The van der Waals surface area contributed by atoms with Crippen LogP contribution in [-0.4, -0.2) is 36.6 Å². The number of nitrogens with zero attached hydrogens (tertiary/aromatic N) is 3. The molecular formula is C21H22N4O3. The lowest BCUT2D eigenvalue weighted by molar-refractivity contribution is 0.0983. The summed E-state index contributed by atoms with van der Waals surface area (Å²) >= 11 is 0. The molecule has 0 spiro atoms. The topological polar surface area (TPSA) is 76.6 Å². The molecule has 0 aliphatic rings. The van der Waals surface area contributed by atoms with Crippen LogP contribution in [0.25, 0.3) is 0 Å². The number of hydrogen-bond donors (Lipinski definition) is 1. The molecule has 0 radical (unpaired) electrons. The summed E-state index contributed by atoms with van der Waals surface area (Å²) in [5, 5.41) is 3.16. The van der Waals surface area contributed by atoms with Crippen LogP contribution >= 0.6 is 0 Å². The van der Waals surface area contributed by atoms with Gasteiger partial charge in [-0.05, 0) is 31.2 Å². The summed E-state index contributed by atoms with van der Waals surface area (Å²) in [4.78, 5) is 23.0. The van der Waals surface area contributed by atoms with Crippen molar-refractivity contribution in [3.8, 4) is 11.5 Å². The van der Waals surface area contributed by atoms with Crippen LogP contribution in [0, 0.1) is 0 Å². The van der Waals surface area contributed by atoms with Crippen molar-refractivity contribution >= 4 is 23.1 Å². The van der Waals surface area contributed by atoms with E-state index in [4.69, 9.17) is 9.47 Å². The largest absolute Gasteiger partial charge is 0.497 e. The third-order valence-electron chi connectivity index (χ3n) is 4.19. The predicted molar refractivity (Wildman–Crippen MR) is 109 cm³/mol. The first-order valence-electron chi connectivity index (χ1n) is 8.84. The average Bonchev–Trinajstić information content (AvgIpc) is 2.75. The fourth-order valence-electron chi connectivity index (χ4n) is 2.77. The summed E-state index contributed by atoms with van der Waals surface area (Å²) in [7, 11) is 3.17. The van der Waals surface area contributed by atoms with E-state index in [1.165, 1.54) is 6.33 Å². The maximum atomic E-state index is 13.0. The highest BCUT2D eigenvalue weighted by Gasteiger charge is 2.18. The van der Waals surface area contributed by atoms with E-state index >= 15 is 0 Å². The molecule has 0 aliphatic carbocycles. The molecule has 0 bridgehead atoms. The van der Waals surface area contributed by atoms with Crippen molar-refractivity contribution in [1.29, 1.82) is 0 Å². The van der Waals surface area contributed by atoms with E-state index in [1.807, 2.05) is 49.4 Å². The number of aromatic nitrogens is 2. The summed E-state index contributed by atoms with van der Waals surface area (Å²) in [6.07, 6.45) is 1.37. The van der Waals surface area contributed by atoms with Gasteiger partial charge in [0.25, 0.3) is 5.91 Å². The molecule has 7 nitrogen and oxygen atoms in total. The van der Waals surface area contributed by atoms with Gasteiger partial charge in [0, 0.05) is 24.4 Å². The average molecular weight is 378 g/mol. The van der Waals surface area contributed by atoms with Gasteiger partial charge in [-0.15, -0.1) is 0 Å². The number of para-hydroxylation sites is 1. The van der Waals surface area contributed by atoms with E-state index in [-0.39, 0.29) is 5.91 Å². The molecule has 144 valence electrons. The number of amides is 1. The number of methoxy groups -OCH3 is 2. The van der Waals surface area contributed by atoms with Gasteiger partial charge in [0.1, 0.15) is 29.3 Å². The molecule has 0 atom stereocenters. The molecule has 3 aromatic rings. The van der Waals surface area contributed by atoms with Crippen molar-refractivity contribution in [2.24, 2.45) is 0 Å². The highest BCUT2D eigenvalue weighted by Crippen LogP contribution is 2.31. The summed E-state index contributed by atoms with van der Waals surface area (Å²) in [5.41, 5.74) is 1.83. The standard InChI is InChI=1S/C21H22N4O3/c1-4-25(15-8-6-5-7-9-15)21(26)18-13-20(23-14-22-18)24-17-11-10-16(27-2)12-19(17)28-3/h5-14H,4H2,1-3H3,(H,22,23,24). The Morgan fingerprint density at radius 2 is 1.82 bits per heavy atom. The molecule has 3 rings (SSSR count). The number of carbonyl (C=O) groups is 1. The number of nitrogens with one attached hydrogen (secondary N) is 1. The molecule has 0 saturated carbocycles. The lowest BCUT2D eigenvalue weighted by Gasteiger charge is -2.20. The number of ether oxygens (including phenoxy) is 2. The Morgan fingerprint density at radius 1 is 1.04 bits per heavy atom. The number of rotatable bonds is 7. The van der Waals surface area contributed by atoms with Gasteiger partial charge in [0.2, 0.25) is 0 Å².